The molecule has 0 radical (unpaired) electrons. The average Bonchev–Trinajstić information content (AvgIpc) is 2.62. The smallest absolute Gasteiger partial charge is 0.141 e. The molecule has 0 spiro atoms. The van der Waals surface area contributed by atoms with E-state index in [4.69, 9.17) is 5.73 Å². The normalized spacial score (nSPS) is 10.5. The SMILES string of the molecule is Nc1cn(Cc2ccc(Br)s2)cn1. The molecule has 5 heteroatoms. The molecule has 2 rings (SSSR count). The molecule has 13 heavy (non-hydrogen) atoms. The number of rotatable bonds is 2. The third kappa shape index (κ3) is 2.10. The van der Waals surface area contributed by atoms with E-state index in [0.29, 0.717) is 5.82 Å². The first-order valence-corrected chi connectivity index (χ1v) is 5.36. The van der Waals surface area contributed by atoms with E-state index < -0.39 is 0 Å². The molecule has 0 unspecified atom stereocenters. The van der Waals surface area contributed by atoms with E-state index >= 15 is 0 Å². The third-order valence-corrected chi connectivity index (χ3v) is 3.23. The van der Waals surface area contributed by atoms with Crippen molar-refractivity contribution in [3.63, 3.8) is 0 Å². The quantitative estimate of drug-likeness (QED) is 0.898. The summed E-state index contributed by atoms with van der Waals surface area (Å²) in [5, 5.41) is 0. The number of hydrogen-bond acceptors (Lipinski definition) is 3. The molecule has 0 saturated heterocycles. The second-order valence-corrected chi connectivity index (χ2v) is 5.22. The Morgan fingerprint density at radius 3 is 2.92 bits per heavy atom. The van der Waals surface area contributed by atoms with Crippen LogP contribution in [0.2, 0.25) is 0 Å². The lowest BCUT2D eigenvalue weighted by atomic mass is 10.4. The standard InChI is InChI=1S/C8H8BrN3S/c9-7-2-1-6(13-7)3-12-4-8(10)11-5-12/h1-2,4-5H,3,10H2. The summed E-state index contributed by atoms with van der Waals surface area (Å²) in [5.41, 5.74) is 5.50. The minimum atomic E-state index is 0.565. The van der Waals surface area contributed by atoms with Crippen molar-refractivity contribution in [1.29, 1.82) is 0 Å². The van der Waals surface area contributed by atoms with Gasteiger partial charge in [-0.05, 0) is 28.1 Å². The Morgan fingerprint density at radius 2 is 2.38 bits per heavy atom. The van der Waals surface area contributed by atoms with Crippen molar-refractivity contribution < 1.29 is 0 Å². The fraction of sp³-hybridized carbons (Fsp3) is 0.125. The predicted octanol–water partition coefficient (Wildman–Crippen LogP) is 2.34. The van der Waals surface area contributed by atoms with Crippen molar-refractivity contribution in [1.82, 2.24) is 9.55 Å². The minimum Gasteiger partial charge on any atom is -0.382 e. The van der Waals surface area contributed by atoms with Crippen molar-refractivity contribution in [2.45, 2.75) is 6.54 Å². The first kappa shape index (κ1) is 8.77. The molecule has 0 aromatic carbocycles. The fourth-order valence-corrected chi connectivity index (χ4v) is 2.57. The highest BCUT2D eigenvalue weighted by atomic mass is 79.9. The summed E-state index contributed by atoms with van der Waals surface area (Å²) in [4.78, 5) is 5.23. The summed E-state index contributed by atoms with van der Waals surface area (Å²) in [7, 11) is 0. The number of imidazole rings is 1. The van der Waals surface area contributed by atoms with Gasteiger partial charge in [-0.3, -0.25) is 0 Å². The molecule has 2 aromatic rings. The van der Waals surface area contributed by atoms with Gasteiger partial charge in [0.1, 0.15) is 5.82 Å². The van der Waals surface area contributed by atoms with Crippen LogP contribution in [0.3, 0.4) is 0 Å². The molecule has 0 aliphatic heterocycles. The minimum absolute atomic E-state index is 0.565. The zero-order chi connectivity index (χ0) is 9.26. The fourth-order valence-electron chi connectivity index (χ4n) is 1.08. The van der Waals surface area contributed by atoms with E-state index in [9.17, 15) is 0 Å². The van der Waals surface area contributed by atoms with Crippen LogP contribution in [-0.4, -0.2) is 9.55 Å². The maximum Gasteiger partial charge on any atom is 0.141 e. The van der Waals surface area contributed by atoms with E-state index in [0.717, 1.165) is 10.3 Å². The van der Waals surface area contributed by atoms with Crippen LogP contribution in [0.1, 0.15) is 4.88 Å². The molecule has 2 aromatic heterocycles. The topological polar surface area (TPSA) is 43.8 Å². The van der Waals surface area contributed by atoms with Crippen LogP contribution in [0.5, 0.6) is 0 Å². The molecule has 0 saturated carbocycles. The zero-order valence-electron chi connectivity index (χ0n) is 6.77. The van der Waals surface area contributed by atoms with Gasteiger partial charge in [0.25, 0.3) is 0 Å². The highest BCUT2D eigenvalue weighted by Crippen LogP contribution is 2.22. The summed E-state index contributed by atoms with van der Waals surface area (Å²) in [5.74, 6) is 0.565. The second-order valence-electron chi connectivity index (χ2n) is 2.68. The number of thiophene rings is 1. The summed E-state index contributed by atoms with van der Waals surface area (Å²) >= 11 is 5.14. The monoisotopic (exact) mass is 257 g/mol. The van der Waals surface area contributed by atoms with Crippen LogP contribution in [0.25, 0.3) is 0 Å². The largest absolute Gasteiger partial charge is 0.382 e. The van der Waals surface area contributed by atoms with Gasteiger partial charge >= 0.3 is 0 Å². The Balaban J connectivity index is 2.14. The van der Waals surface area contributed by atoms with Gasteiger partial charge in [-0.15, -0.1) is 11.3 Å². The number of aromatic nitrogens is 2. The summed E-state index contributed by atoms with van der Waals surface area (Å²) < 4.78 is 3.11. The number of hydrogen-bond donors (Lipinski definition) is 1. The molecular formula is C8H8BrN3S. The molecule has 3 nitrogen and oxygen atoms in total. The van der Waals surface area contributed by atoms with Crippen LogP contribution >= 0.6 is 27.3 Å². The molecule has 68 valence electrons. The predicted molar refractivity (Wildman–Crippen MR) is 57.8 cm³/mol. The van der Waals surface area contributed by atoms with Crippen LogP contribution < -0.4 is 5.73 Å². The van der Waals surface area contributed by atoms with Gasteiger partial charge in [-0.25, -0.2) is 4.98 Å². The Kier molecular flexibility index (Phi) is 2.37. The van der Waals surface area contributed by atoms with Gasteiger partial charge in [0, 0.05) is 11.1 Å². The third-order valence-electron chi connectivity index (χ3n) is 1.62. The zero-order valence-corrected chi connectivity index (χ0v) is 9.18. The van der Waals surface area contributed by atoms with Gasteiger partial charge in [-0.1, -0.05) is 0 Å². The highest BCUT2D eigenvalue weighted by molar-refractivity contribution is 9.11. The van der Waals surface area contributed by atoms with Gasteiger partial charge in [0.2, 0.25) is 0 Å². The molecule has 2 N–H and O–H groups in total. The maximum atomic E-state index is 5.50. The van der Waals surface area contributed by atoms with E-state index in [1.807, 2.05) is 16.8 Å². The summed E-state index contributed by atoms with van der Waals surface area (Å²) in [6.07, 6.45) is 3.57. The van der Waals surface area contributed by atoms with Gasteiger partial charge < -0.3 is 10.3 Å². The lowest BCUT2D eigenvalue weighted by molar-refractivity contribution is 0.810. The molecule has 0 fully saturated rings. The van der Waals surface area contributed by atoms with Crippen molar-refractivity contribution in [3.8, 4) is 0 Å². The van der Waals surface area contributed by atoms with Crippen LogP contribution in [-0.2, 0) is 6.54 Å². The van der Waals surface area contributed by atoms with E-state index in [2.05, 4.69) is 27.0 Å². The Hall–Kier alpha value is -0.810. The molecule has 0 aliphatic carbocycles. The maximum absolute atomic E-state index is 5.50. The first-order valence-electron chi connectivity index (χ1n) is 3.75. The van der Waals surface area contributed by atoms with E-state index in [-0.39, 0.29) is 0 Å². The molecular weight excluding hydrogens is 250 g/mol. The van der Waals surface area contributed by atoms with E-state index in [1.165, 1.54) is 4.88 Å². The van der Waals surface area contributed by atoms with Gasteiger partial charge in [0.15, 0.2) is 0 Å². The molecule has 2 heterocycles. The van der Waals surface area contributed by atoms with Crippen LogP contribution in [0.4, 0.5) is 5.82 Å². The Morgan fingerprint density at radius 1 is 1.54 bits per heavy atom. The summed E-state index contributed by atoms with van der Waals surface area (Å²) in [6.45, 7) is 0.834. The second kappa shape index (κ2) is 3.51. The number of nitrogen functional groups attached to an aromatic ring is 1. The lowest BCUT2D eigenvalue weighted by Gasteiger charge is -1.96. The Bertz CT molecular complexity index is 369. The molecule has 0 amide bonds. The van der Waals surface area contributed by atoms with Crippen molar-refractivity contribution in [2.24, 2.45) is 0 Å². The first-order chi connectivity index (χ1) is 6.24. The number of halogens is 1. The Labute approximate surface area is 88.3 Å². The van der Waals surface area contributed by atoms with Crippen LogP contribution in [0, 0.1) is 0 Å². The average molecular weight is 258 g/mol. The van der Waals surface area contributed by atoms with Crippen LogP contribution in [0.15, 0.2) is 28.4 Å². The number of nitrogens with zero attached hydrogens (tertiary/aromatic N) is 2. The number of nitrogens with two attached hydrogens (primary N) is 1. The van der Waals surface area contributed by atoms with Crippen molar-refractivity contribution >= 4 is 33.1 Å². The van der Waals surface area contributed by atoms with Gasteiger partial charge in [-0.2, -0.15) is 0 Å². The molecule has 0 atom stereocenters. The molecule has 0 bridgehead atoms. The summed E-state index contributed by atoms with van der Waals surface area (Å²) in [6, 6.07) is 4.13. The lowest BCUT2D eigenvalue weighted by Crippen LogP contribution is -1.93. The van der Waals surface area contributed by atoms with Crippen molar-refractivity contribution in [2.75, 3.05) is 5.73 Å². The van der Waals surface area contributed by atoms with Crippen molar-refractivity contribution in [3.05, 3.63) is 33.3 Å². The van der Waals surface area contributed by atoms with E-state index in [1.54, 1.807) is 17.7 Å². The van der Waals surface area contributed by atoms with Gasteiger partial charge in [0.05, 0.1) is 16.7 Å². The number of anilines is 1. The molecule has 0 aliphatic rings. The highest BCUT2D eigenvalue weighted by Gasteiger charge is 1.99.